The molecule has 5 rings (SSSR count). The number of benzene rings is 1. The Morgan fingerprint density at radius 3 is 1.27 bits per heavy atom. The summed E-state index contributed by atoms with van der Waals surface area (Å²) in [6.45, 7) is 3.14. The third-order valence-electron chi connectivity index (χ3n) is 10.1. The van der Waals surface area contributed by atoms with Gasteiger partial charge in [-0.1, -0.05) is 35.8 Å². The van der Waals surface area contributed by atoms with E-state index < -0.39 is 12.6 Å². The summed E-state index contributed by atoms with van der Waals surface area (Å²) in [7, 11) is 0. The van der Waals surface area contributed by atoms with Crippen molar-refractivity contribution in [1.29, 1.82) is 0 Å². The molecular formula is C38H54O10. The predicted octanol–water partition coefficient (Wildman–Crippen LogP) is 3.53. The second-order valence-electron chi connectivity index (χ2n) is 13.5. The lowest BCUT2D eigenvalue weighted by Crippen LogP contribution is -2.47. The van der Waals surface area contributed by atoms with Crippen LogP contribution in [0.15, 0.2) is 24.3 Å². The summed E-state index contributed by atoms with van der Waals surface area (Å²) < 4.78 is 36.7. The van der Waals surface area contributed by atoms with E-state index in [2.05, 4.69) is 23.7 Å². The molecule has 1 heterocycles. The van der Waals surface area contributed by atoms with Crippen LogP contribution in [0.2, 0.25) is 0 Å². The van der Waals surface area contributed by atoms with Gasteiger partial charge in [-0.05, 0) is 76.3 Å². The number of fused-ring (bicyclic) bond motifs is 2. The summed E-state index contributed by atoms with van der Waals surface area (Å²) in [5.41, 5.74) is 0. The summed E-state index contributed by atoms with van der Waals surface area (Å²) in [5.74, 6) is 15.8. The van der Waals surface area contributed by atoms with Crippen LogP contribution in [0, 0.1) is 59.2 Å². The van der Waals surface area contributed by atoms with E-state index in [0.29, 0.717) is 64.4 Å². The topological polar surface area (TPSA) is 136 Å². The Balaban J connectivity index is 1.27. The minimum Gasteiger partial charge on any atom is -0.487 e. The molecule has 10 heteroatoms. The van der Waals surface area contributed by atoms with Gasteiger partial charge < -0.3 is 48.8 Å². The third-order valence-corrected chi connectivity index (χ3v) is 10.1. The number of para-hydroxylation sites is 2. The van der Waals surface area contributed by atoms with E-state index in [4.69, 9.17) is 28.4 Å². The number of hydrogen-bond donors (Lipinski definition) is 4. The van der Waals surface area contributed by atoms with Crippen molar-refractivity contribution in [2.45, 2.75) is 89.0 Å². The second kappa shape index (κ2) is 19.7. The molecule has 266 valence electrons. The molecule has 0 saturated heterocycles. The average Bonchev–Trinajstić information content (AvgIpc) is 3.10. The van der Waals surface area contributed by atoms with Crippen molar-refractivity contribution in [1.82, 2.24) is 0 Å². The molecule has 10 nitrogen and oxygen atoms in total. The van der Waals surface area contributed by atoms with Crippen molar-refractivity contribution in [2.75, 3.05) is 52.9 Å². The van der Waals surface area contributed by atoms with Gasteiger partial charge >= 0.3 is 0 Å². The van der Waals surface area contributed by atoms with Crippen molar-refractivity contribution in [3.05, 3.63) is 24.3 Å². The molecule has 3 aliphatic carbocycles. The minimum atomic E-state index is -1.26. The van der Waals surface area contributed by atoms with Crippen LogP contribution in [0.3, 0.4) is 0 Å². The molecule has 4 aliphatic rings. The number of aliphatic hydroxyl groups is 4. The molecule has 0 aromatic heterocycles. The van der Waals surface area contributed by atoms with E-state index >= 15 is 0 Å². The first-order chi connectivity index (χ1) is 23.5. The Kier molecular flexibility index (Phi) is 15.2. The van der Waals surface area contributed by atoms with Gasteiger partial charge in [0, 0.05) is 35.5 Å². The van der Waals surface area contributed by atoms with Crippen molar-refractivity contribution in [2.24, 2.45) is 35.5 Å². The largest absolute Gasteiger partial charge is 0.487 e. The van der Waals surface area contributed by atoms with Crippen LogP contribution in [0.4, 0.5) is 0 Å². The minimum absolute atomic E-state index is 0.0320. The molecule has 48 heavy (non-hydrogen) atoms. The fourth-order valence-corrected chi connectivity index (χ4v) is 7.25. The van der Waals surface area contributed by atoms with Crippen LogP contribution in [-0.4, -0.2) is 98.1 Å². The van der Waals surface area contributed by atoms with Gasteiger partial charge in [0.25, 0.3) is 0 Å². The molecule has 1 aromatic rings. The highest BCUT2D eigenvalue weighted by Crippen LogP contribution is 2.36. The Bertz CT molecular complexity index is 1110. The summed E-state index contributed by atoms with van der Waals surface area (Å²) in [5, 5.41) is 38.4. The van der Waals surface area contributed by atoms with Crippen molar-refractivity contribution in [3.8, 4) is 35.2 Å². The number of ether oxygens (including phenoxy) is 6. The van der Waals surface area contributed by atoms with E-state index in [1.54, 1.807) is 0 Å². The maximum Gasteiger partial charge on any atom is 0.161 e. The lowest BCUT2D eigenvalue weighted by molar-refractivity contribution is -0.135. The second-order valence-corrected chi connectivity index (χ2v) is 13.5. The molecule has 0 radical (unpaired) electrons. The molecule has 3 saturated carbocycles. The third kappa shape index (κ3) is 11.3. The normalized spacial score (nSPS) is 32.8. The lowest BCUT2D eigenvalue weighted by Gasteiger charge is -2.39. The number of hydrogen-bond acceptors (Lipinski definition) is 10. The van der Waals surface area contributed by atoms with Crippen LogP contribution in [0.5, 0.6) is 11.5 Å². The summed E-state index contributed by atoms with van der Waals surface area (Å²) >= 11 is 0. The summed E-state index contributed by atoms with van der Waals surface area (Å²) in [6.07, 6.45) is 5.07. The lowest BCUT2D eigenvalue weighted by atomic mass is 9.76. The van der Waals surface area contributed by atoms with Gasteiger partial charge in [-0.3, -0.25) is 0 Å². The summed E-state index contributed by atoms with van der Waals surface area (Å²) in [4.78, 5) is 0. The molecule has 4 N–H and O–H groups in total. The average molecular weight is 671 g/mol. The van der Waals surface area contributed by atoms with Crippen LogP contribution in [-0.2, 0) is 18.9 Å². The fourth-order valence-electron chi connectivity index (χ4n) is 7.25. The van der Waals surface area contributed by atoms with Gasteiger partial charge in [0.05, 0.1) is 51.8 Å². The smallest absolute Gasteiger partial charge is 0.161 e. The Hall–Kier alpha value is -2.38. The van der Waals surface area contributed by atoms with E-state index in [1.807, 2.05) is 24.3 Å². The van der Waals surface area contributed by atoms with E-state index in [1.165, 1.54) is 0 Å². The standard InChI is InChI=1S/C38H54O10/c39-37(40)31-13-7-27(8-14-31)5-11-29-17-18-30(12-6-28-9-15-32(16-10-28)38(41)42)36-35(29)47-25-21-43-19-23-45-33-3-1-2-4-34(33)46-24-20-44-22-26-48-36/h1-4,27-32,35-42H,7-10,13-26H2. The zero-order valence-corrected chi connectivity index (χ0v) is 28.0. The molecule has 3 fully saturated rings. The van der Waals surface area contributed by atoms with Crippen molar-refractivity contribution < 1.29 is 48.8 Å². The van der Waals surface area contributed by atoms with Crippen LogP contribution < -0.4 is 9.47 Å². The number of aliphatic hydroxyl groups excluding tert-OH is 2. The molecule has 0 spiro atoms. The van der Waals surface area contributed by atoms with Gasteiger partial charge in [0.2, 0.25) is 0 Å². The highest BCUT2D eigenvalue weighted by Gasteiger charge is 2.40. The molecule has 0 bridgehead atoms. The SMILES string of the molecule is OC(O)C1CCC(C#CC2CCC(C#CC3CCC(C(O)O)CC3)C3OCCOCCOc4ccccc4OCCOCCOC23)CC1. The Morgan fingerprint density at radius 2 is 0.875 bits per heavy atom. The summed E-state index contributed by atoms with van der Waals surface area (Å²) in [6, 6.07) is 7.57. The molecule has 1 aliphatic heterocycles. The zero-order chi connectivity index (χ0) is 33.6. The fraction of sp³-hybridized carbons (Fsp3) is 0.737. The molecule has 0 amide bonds. The molecule has 4 atom stereocenters. The van der Waals surface area contributed by atoms with E-state index in [-0.39, 0.29) is 47.7 Å². The highest BCUT2D eigenvalue weighted by molar-refractivity contribution is 5.39. The van der Waals surface area contributed by atoms with Crippen molar-refractivity contribution in [3.63, 3.8) is 0 Å². The quantitative estimate of drug-likeness (QED) is 0.273. The first kappa shape index (κ1) is 36.9. The maximum atomic E-state index is 9.60. The van der Waals surface area contributed by atoms with Crippen LogP contribution >= 0.6 is 0 Å². The Morgan fingerprint density at radius 1 is 0.479 bits per heavy atom. The monoisotopic (exact) mass is 670 g/mol. The Labute approximate surface area is 285 Å². The van der Waals surface area contributed by atoms with Gasteiger partial charge in [-0.15, -0.1) is 0 Å². The van der Waals surface area contributed by atoms with Gasteiger partial charge in [0.15, 0.2) is 24.1 Å². The van der Waals surface area contributed by atoms with E-state index in [9.17, 15) is 20.4 Å². The maximum absolute atomic E-state index is 9.60. The molecule has 4 unspecified atom stereocenters. The van der Waals surface area contributed by atoms with Crippen molar-refractivity contribution >= 4 is 0 Å². The highest BCUT2D eigenvalue weighted by atomic mass is 16.6. The first-order valence-electron chi connectivity index (χ1n) is 18.0. The van der Waals surface area contributed by atoms with Gasteiger partial charge in [-0.2, -0.15) is 0 Å². The van der Waals surface area contributed by atoms with Crippen LogP contribution in [0.25, 0.3) is 0 Å². The van der Waals surface area contributed by atoms with Crippen LogP contribution in [0.1, 0.15) is 64.2 Å². The van der Waals surface area contributed by atoms with E-state index in [0.717, 1.165) is 64.2 Å². The zero-order valence-electron chi connectivity index (χ0n) is 28.0. The van der Waals surface area contributed by atoms with Gasteiger partial charge in [-0.25, -0.2) is 0 Å². The molecule has 1 aromatic carbocycles. The molecular weight excluding hydrogens is 616 g/mol. The van der Waals surface area contributed by atoms with Gasteiger partial charge in [0.1, 0.15) is 13.2 Å². The first-order valence-corrected chi connectivity index (χ1v) is 18.0. The number of rotatable bonds is 2. The predicted molar refractivity (Wildman–Crippen MR) is 178 cm³/mol.